The Morgan fingerprint density at radius 3 is 2.70 bits per heavy atom. The Labute approximate surface area is 118 Å². The summed E-state index contributed by atoms with van der Waals surface area (Å²) in [5.74, 6) is 0.992. The number of benzene rings is 1. The molecule has 104 valence electrons. The third kappa shape index (κ3) is 3.32. The third-order valence-electron chi connectivity index (χ3n) is 2.65. The van der Waals surface area contributed by atoms with E-state index in [0.29, 0.717) is 29.5 Å². The number of hydrogen-bond donors (Lipinski definition) is 1. The van der Waals surface area contributed by atoms with Gasteiger partial charge in [-0.25, -0.2) is 14.8 Å². The van der Waals surface area contributed by atoms with E-state index in [1.807, 2.05) is 32.0 Å². The number of aromatic nitrogens is 2. The first-order chi connectivity index (χ1) is 9.60. The van der Waals surface area contributed by atoms with E-state index in [-0.39, 0.29) is 5.97 Å². The highest BCUT2D eigenvalue weighted by molar-refractivity contribution is 5.96. The van der Waals surface area contributed by atoms with Gasteiger partial charge in [-0.1, -0.05) is 12.1 Å². The summed E-state index contributed by atoms with van der Waals surface area (Å²) in [5, 5.41) is 3.14. The predicted molar refractivity (Wildman–Crippen MR) is 77.2 cm³/mol. The van der Waals surface area contributed by atoms with Crippen molar-refractivity contribution in [1.29, 1.82) is 0 Å². The Balaban J connectivity index is 2.31. The zero-order valence-corrected chi connectivity index (χ0v) is 11.8. The number of hydrogen-bond acceptors (Lipinski definition) is 5. The third-order valence-corrected chi connectivity index (χ3v) is 2.65. The summed E-state index contributed by atoms with van der Waals surface area (Å²) in [4.78, 5) is 20.4. The first-order valence-corrected chi connectivity index (χ1v) is 6.45. The molecule has 0 saturated heterocycles. The summed E-state index contributed by atoms with van der Waals surface area (Å²) >= 11 is 0. The molecule has 0 saturated carbocycles. The summed E-state index contributed by atoms with van der Waals surface area (Å²) in [6.45, 7) is 5.86. The van der Waals surface area contributed by atoms with Crippen molar-refractivity contribution in [3.63, 3.8) is 0 Å². The molecule has 0 aliphatic rings. The van der Waals surface area contributed by atoms with Crippen LogP contribution in [0, 0.1) is 13.8 Å². The van der Waals surface area contributed by atoms with Crippen LogP contribution in [-0.4, -0.2) is 22.5 Å². The van der Waals surface area contributed by atoms with E-state index >= 15 is 0 Å². The smallest absolute Gasteiger partial charge is 0.340 e. The lowest BCUT2D eigenvalue weighted by molar-refractivity contribution is 0.0527. The van der Waals surface area contributed by atoms with E-state index in [2.05, 4.69) is 15.3 Å². The molecule has 1 N–H and O–H groups in total. The van der Waals surface area contributed by atoms with Crippen LogP contribution in [0.15, 0.2) is 30.3 Å². The van der Waals surface area contributed by atoms with Gasteiger partial charge in [0.1, 0.15) is 11.6 Å². The van der Waals surface area contributed by atoms with Gasteiger partial charge >= 0.3 is 5.97 Å². The first kappa shape index (κ1) is 14.0. The van der Waals surface area contributed by atoms with Crippen LogP contribution in [0.1, 0.15) is 28.8 Å². The lowest BCUT2D eigenvalue weighted by Gasteiger charge is -2.11. The molecule has 0 spiro atoms. The minimum Gasteiger partial charge on any atom is -0.462 e. The fraction of sp³-hybridized carbons (Fsp3) is 0.267. The second kappa shape index (κ2) is 6.14. The summed E-state index contributed by atoms with van der Waals surface area (Å²) in [6, 6.07) is 9.02. The molecule has 1 heterocycles. The zero-order valence-electron chi connectivity index (χ0n) is 11.8. The standard InChI is InChI=1S/C15H17N3O2/c1-4-20-15(19)12-7-5-6-8-13(12)18-14-9-10(2)16-11(3)17-14/h5-9H,4H2,1-3H3,(H,16,17,18). The van der Waals surface area contributed by atoms with E-state index in [9.17, 15) is 4.79 Å². The molecule has 2 aromatic rings. The fourth-order valence-electron chi connectivity index (χ4n) is 1.90. The molecule has 0 unspecified atom stereocenters. The highest BCUT2D eigenvalue weighted by Crippen LogP contribution is 2.20. The minimum atomic E-state index is -0.349. The highest BCUT2D eigenvalue weighted by atomic mass is 16.5. The summed E-state index contributed by atoms with van der Waals surface area (Å²) in [6.07, 6.45) is 0. The number of ether oxygens (including phenoxy) is 1. The highest BCUT2D eigenvalue weighted by Gasteiger charge is 2.12. The molecule has 0 aliphatic heterocycles. The molecule has 20 heavy (non-hydrogen) atoms. The Hall–Kier alpha value is -2.43. The molecule has 2 rings (SSSR count). The maximum atomic E-state index is 11.9. The van der Waals surface area contributed by atoms with Gasteiger partial charge in [-0.2, -0.15) is 0 Å². The lowest BCUT2D eigenvalue weighted by Crippen LogP contribution is -2.08. The van der Waals surface area contributed by atoms with Gasteiger partial charge in [-0.15, -0.1) is 0 Å². The Kier molecular flexibility index (Phi) is 4.30. The van der Waals surface area contributed by atoms with Gasteiger partial charge < -0.3 is 10.1 Å². The van der Waals surface area contributed by atoms with Crippen LogP contribution in [0.3, 0.4) is 0 Å². The minimum absolute atomic E-state index is 0.346. The van der Waals surface area contributed by atoms with Gasteiger partial charge in [-0.3, -0.25) is 0 Å². The van der Waals surface area contributed by atoms with Crippen molar-refractivity contribution in [2.75, 3.05) is 11.9 Å². The van der Waals surface area contributed by atoms with Crippen LogP contribution in [0.25, 0.3) is 0 Å². The van der Waals surface area contributed by atoms with Gasteiger partial charge in [0.05, 0.1) is 17.9 Å². The van der Waals surface area contributed by atoms with Gasteiger partial charge in [0, 0.05) is 11.8 Å². The van der Waals surface area contributed by atoms with Crippen molar-refractivity contribution < 1.29 is 9.53 Å². The predicted octanol–water partition coefficient (Wildman–Crippen LogP) is 3.01. The quantitative estimate of drug-likeness (QED) is 0.866. The number of carbonyl (C=O) groups is 1. The maximum Gasteiger partial charge on any atom is 0.340 e. The van der Waals surface area contributed by atoms with Crippen molar-refractivity contribution >= 4 is 17.5 Å². The van der Waals surface area contributed by atoms with Crippen LogP contribution in [0.5, 0.6) is 0 Å². The van der Waals surface area contributed by atoms with Crippen molar-refractivity contribution in [2.45, 2.75) is 20.8 Å². The van der Waals surface area contributed by atoms with Gasteiger partial charge in [0.25, 0.3) is 0 Å². The molecule has 1 aromatic carbocycles. The number of anilines is 2. The number of nitrogens with zero attached hydrogens (tertiary/aromatic N) is 2. The maximum absolute atomic E-state index is 11.9. The SMILES string of the molecule is CCOC(=O)c1ccccc1Nc1cc(C)nc(C)n1. The molecule has 0 amide bonds. The largest absolute Gasteiger partial charge is 0.462 e. The number of aryl methyl sites for hydroxylation is 2. The van der Waals surface area contributed by atoms with Crippen molar-refractivity contribution in [3.05, 3.63) is 47.4 Å². The number of esters is 1. The van der Waals surface area contributed by atoms with Crippen LogP contribution < -0.4 is 5.32 Å². The summed E-state index contributed by atoms with van der Waals surface area (Å²) in [5.41, 5.74) is 2.03. The second-order valence-corrected chi connectivity index (χ2v) is 4.33. The molecular weight excluding hydrogens is 254 g/mol. The number of para-hydroxylation sites is 1. The average Bonchev–Trinajstić information content (AvgIpc) is 2.38. The number of carbonyl (C=O) groups excluding carboxylic acids is 1. The normalized spacial score (nSPS) is 10.2. The molecular formula is C15H17N3O2. The van der Waals surface area contributed by atoms with Crippen molar-refractivity contribution in [1.82, 2.24) is 9.97 Å². The van der Waals surface area contributed by atoms with E-state index in [1.165, 1.54) is 0 Å². The monoisotopic (exact) mass is 271 g/mol. The van der Waals surface area contributed by atoms with Gasteiger partial charge in [0.15, 0.2) is 0 Å². The Bertz CT molecular complexity index is 606. The Morgan fingerprint density at radius 1 is 1.25 bits per heavy atom. The van der Waals surface area contributed by atoms with Crippen molar-refractivity contribution in [3.8, 4) is 0 Å². The van der Waals surface area contributed by atoms with E-state index in [4.69, 9.17) is 4.74 Å². The average molecular weight is 271 g/mol. The molecule has 0 bridgehead atoms. The van der Waals surface area contributed by atoms with E-state index in [1.54, 1.807) is 19.1 Å². The van der Waals surface area contributed by atoms with Crippen LogP contribution in [-0.2, 0) is 4.74 Å². The summed E-state index contributed by atoms with van der Waals surface area (Å²) < 4.78 is 5.04. The number of nitrogens with one attached hydrogen (secondary N) is 1. The van der Waals surface area contributed by atoms with Gasteiger partial charge in [-0.05, 0) is 32.9 Å². The van der Waals surface area contributed by atoms with Crippen LogP contribution in [0.4, 0.5) is 11.5 Å². The molecule has 1 aromatic heterocycles. The molecule has 0 radical (unpaired) electrons. The molecule has 0 fully saturated rings. The van der Waals surface area contributed by atoms with E-state index < -0.39 is 0 Å². The summed E-state index contributed by atoms with van der Waals surface area (Å²) in [7, 11) is 0. The molecule has 5 nitrogen and oxygen atoms in total. The second-order valence-electron chi connectivity index (χ2n) is 4.33. The van der Waals surface area contributed by atoms with Crippen LogP contribution in [0.2, 0.25) is 0 Å². The number of rotatable bonds is 4. The fourth-order valence-corrected chi connectivity index (χ4v) is 1.90. The molecule has 5 heteroatoms. The Morgan fingerprint density at radius 2 is 2.00 bits per heavy atom. The lowest BCUT2D eigenvalue weighted by atomic mass is 10.2. The van der Waals surface area contributed by atoms with E-state index in [0.717, 1.165) is 5.69 Å². The van der Waals surface area contributed by atoms with Gasteiger partial charge in [0.2, 0.25) is 0 Å². The molecule has 0 aliphatic carbocycles. The molecule has 0 atom stereocenters. The zero-order chi connectivity index (χ0) is 14.5. The topological polar surface area (TPSA) is 64.1 Å². The first-order valence-electron chi connectivity index (χ1n) is 6.45. The van der Waals surface area contributed by atoms with Crippen molar-refractivity contribution in [2.24, 2.45) is 0 Å². The van der Waals surface area contributed by atoms with Crippen LogP contribution >= 0.6 is 0 Å².